The zero-order valence-corrected chi connectivity index (χ0v) is 15.5. The summed E-state index contributed by atoms with van der Waals surface area (Å²) in [6.45, 7) is 2.12. The number of fused-ring (bicyclic) bond motifs is 1. The molecule has 0 spiro atoms. The SMILES string of the molecule is CCc1ccc(C#Cc2ccc3c(F)c(-c4ccc(F)cc4)ccc3c2)cc1. The Morgan fingerprint density at radius 2 is 1.39 bits per heavy atom. The highest BCUT2D eigenvalue weighted by Gasteiger charge is 2.09. The molecule has 0 unspecified atom stereocenters. The second-order valence-corrected chi connectivity index (χ2v) is 6.67. The van der Waals surface area contributed by atoms with Crippen molar-refractivity contribution in [3.8, 4) is 23.0 Å². The number of hydrogen-bond donors (Lipinski definition) is 0. The topological polar surface area (TPSA) is 0 Å². The van der Waals surface area contributed by atoms with Crippen molar-refractivity contribution in [1.82, 2.24) is 0 Å². The standard InChI is InChI=1S/C26H18F2/c1-2-18-3-5-19(6-4-18)7-8-20-9-15-25-22(17-20)12-16-24(26(25)28)21-10-13-23(27)14-11-21/h3-6,9-17H,2H2,1H3. The molecule has 0 nitrogen and oxygen atoms in total. The molecule has 0 bridgehead atoms. The van der Waals surface area contributed by atoms with Gasteiger partial charge in [-0.1, -0.05) is 61.2 Å². The number of rotatable bonds is 2. The van der Waals surface area contributed by atoms with Gasteiger partial charge < -0.3 is 0 Å². The van der Waals surface area contributed by atoms with Gasteiger partial charge in [0.05, 0.1) is 0 Å². The third-order valence-corrected chi connectivity index (χ3v) is 4.82. The normalized spacial score (nSPS) is 10.5. The van der Waals surface area contributed by atoms with Crippen LogP contribution in [0.2, 0.25) is 0 Å². The molecular formula is C26H18F2. The first kappa shape index (κ1) is 17.9. The molecule has 2 heteroatoms. The summed E-state index contributed by atoms with van der Waals surface area (Å²) in [6, 6.07) is 23.1. The highest BCUT2D eigenvalue weighted by molar-refractivity contribution is 5.89. The van der Waals surface area contributed by atoms with E-state index < -0.39 is 0 Å². The maximum Gasteiger partial charge on any atom is 0.138 e. The van der Waals surface area contributed by atoms with Gasteiger partial charge in [0.25, 0.3) is 0 Å². The second-order valence-electron chi connectivity index (χ2n) is 6.67. The largest absolute Gasteiger partial charge is 0.207 e. The van der Waals surface area contributed by atoms with Crippen LogP contribution in [0.3, 0.4) is 0 Å². The summed E-state index contributed by atoms with van der Waals surface area (Å²) in [5.74, 6) is 5.66. The Labute approximate surface area is 163 Å². The van der Waals surface area contributed by atoms with E-state index in [0.717, 1.165) is 22.9 Å². The first-order valence-electron chi connectivity index (χ1n) is 9.23. The minimum atomic E-state index is -0.336. The third kappa shape index (κ3) is 3.66. The van der Waals surface area contributed by atoms with Crippen LogP contribution in [0.5, 0.6) is 0 Å². The number of halogens is 2. The molecule has 0 amide bonds. The number of aryl methyl sites for hydroxylation is 1. The summed E-state index contributed by atoms with van der Waals surface area (Å²) in [5.41, 5.74) is 4.18. The van der Waals surface area contributed by atoms with Crippen LogP contribution >= 0.6 is 0 Å². The molecule has 0 aliphatic heterocycles. The van der Waals surface area contributed by atoms with Gasteiger partial charge in [0.1, 0.15) is 11.6 Å². The smallest absolute Gasteiger partial charge is 0.138 e. The predicted octanol–water partition coefficient (Wildman–Crippen LogP) is 6.75. The molecule has 0 radical (unpaired) electrons. The molecular weight excluding hydrogens is 350 g/mol. The van der Waals surface area contributed by atoms with Crippen LogP contribution in [0.25, 0.3) is 21.9 Å². The van der Waals surface area contributed by atoms with Crippen LogP contribution in [-0.4, -0.2) is 0 Å². The Hall–Kier alpha value is -3.44. The molecule has 0 heterocycles. The Morgan fingerprint density at radius 1 is 0.714 bits per heavy atom. The maximum absolute atomic E-state index is 15.0. The van der Waals surface area contributed by atoms with Gasteiger partial charge in [0, 0.05) is 22.1 Å². The molecule has 0 saturated heterocycles. The summed E-state index contributed by atoms with van der Waals surface area (Å²) in [7, 11) is 0. The highest BCUT2D eigenvalue weighted by atomic mass is 19.1. The van der Waals surface area contributed by atoms with E-state index in [1.54, 1.807) is 24.3 Å². The van der Waals surface area contributed by atoms with E-state index in [1.807, 2.05) is 30.3 Å². The van der Waals surface area contributed by atoms with E-state index >= 15 is 0 Å². The van der Waals surface area contributed by atoms with E-state index in [9.17, 15) is 8.78 Å². The molecule has 136 valence electrons. The fraction of sp³-hybridized carbons (Fsp3) is 0.0769. The van der Waals surface area contributed by atoms with Gasteiger partial charge in [-0.15, -0.1) is 0 Å². The summed E-state index contributed by atoms with van der Waals surface area (Å²) >= 11 is 0. The molecule has 0 saturated carbocycles. The summed E-state index contributed by atoms with van der Waals surface area (Å²) < 4.78 is 28.1. The van der Waals surface area contributed by atoms with E-state index in [2.05, 4.69) is 30.9 Å². The number of benzene rings is 4. The van der Waals surface area contributed by atoms with E-state index in [-0.39, 0.29) is 11.6 Å². The first-order valence-corrected chi connectivity index (χ1v) is 9.23. The lowest BCUT2D eigenvalue weighted by molar-refractivity contribution is 0.627. The van der Waals surface area contributed by atoms with E-state index in [4.69, 9.17) is 0 Å². The van der Waals surface area contributed by atoms with Crippen LogP contribution in [0.1, 0.15) is 23.6 Å². The molecule has 4 aromatic carbocycles. The zero-order valence-electron chi connectivity index (χ0n) is 15.5. The Balaban J connectivity index is 1.67. The van der Waals surface area contributed by atoms with Crippen LogP contribution in [-0.2, 0) is 6.42 Å². The lowest BCUT2D eigenvalue weighted by Gasteiger charge is -2.07. The van der Waals surface area contributed by atoms with Gasteiger partial charge in [0.15, 0.2) is 0 Å². The summed E-state index contributed by atoms with van der Waals surface area (Å²) in [4.78, 5) is 0. The van der Waals surface area contributed by atoms with Gasteiger partial charge in [-0.05, 0) is 59.3 Å². The molecule has 0 aliphatic rings. The molecule has 4 rings (SSSR count). The van der Waals surface area contributed by atoms with E-state index in [0.29, 0.717) is 16.5 Å². The lowest BCUT2D eigenvalue weighted by Crippen LogP contribution is -1.88. The van der Waals surface area contributed by atoms with Gasteiger partial charge in [-0.2, -0.15) is 0 Å². The molecule has 0 fully saturated rings. The maximum atomic E-state index is 15.0. The molecule has 4 aromatic rings. The quantitative estimate of drug-likeness (QED) is 0.343. The fourth-order valence-electron chi connectivity index (χ4n) is 3.19. The van der Waals surface area contributed by atoms with Crippen molar-refractivity contribution in [2.75, 3.05) is 0 Å². The molecule has 0 atom stereocenters. The van der Waals surface area contributed by atoms with Crippen molar-refractivity contribution in [3.05, 3.63) is 107 Å². The second kappa shape index (κ2) is 7.66. The van der Waals surface area contributed by atoms with Crippen LogP contribution in [0.15, 0.2) is 78.9 Å². The van der Waals surface area contributed by atoms with Crippen molar-refractivity contribution >= 4 is 10.8 Å². The fourth-order valence-corrected chi connectivity index (χ4v) is 3.19. The van der Waals surface area contributed by atoms with Gasteiger partial charge in [0.2, 0.25) is 0 Å². The monoisotopic (exact) mass is 368 g/mol. The van der Waals surface area contributed by atoms with Crippen molar-refractivity contribution in [1.29, 1.82) is 0 Å². The van der Waals surface area contributed by atoms with Gasteiger partial charge >= 0.3 is 0 Å². The average molecular weight is 368 g/mol. The van der Waals surface area contributed by atoms with Crippen molar-refractivity contribution in [2.45, 2.75) is 13.3 Å². The molecule has 0 aliphatic carbocycles. The minimum Gasteiger partial charge on any atom is -0.207 e. The summed E-state index contributed by atoms with van der Waals surface area (Å²) in [5, 5.41) is 1.32. The zero-order chi connectivity index (χ0) is 19.5. The van der Waals surface area contributed by atoms with E-state index in [1.165, 1.54) is 17.7 Å². The Kier molecular flexibility index (Phi) is 4.91. The molecule has 0 aromatic heterocycles. The average Bonchev–Trinajstić information content (AvgIpc) is 2.74. The predicted molar refractivity (Wildman–Crippen MR) is 111 cm³/mol. The first-order chi connectivity index (χ1) is 13.6. The Bertz CT molecular complexity index is 1190. The van der Waals surface area contributed by atoms with Crippen LogP contribution < -0.4 is 0 Å². The van der Waals surface area contributed by atoms with Crippen molar-refractivity contribution < 1.29 is 8.78 Å². The lowest BCUT2D eigenvalue weighted by atomic mass is 9.99. The van der Waals surface area contributed by atoms with Crippen LogP contribution in [0.4, 0.5) is 8.78 Å². The molecule has 28 heavy (non-hydrogen) atoms. The van der Waals surface area contributed by atoms with Gasteiger partial charge in [-0.25, -0.2) is 8.78 Å². The van der Waals surface area contributed by atoms with Crippen molar-refractivity contribution in [3.63, 3.8) is 0 Å². The van der Waals surface area contributed by atoms with Gasteiger partial charge in [-0.3, -0.25) is 0 Å². The third-order valence-electron chi connectivity index (χ3n) is 4.82. The summed E-state index contributed by atoms with van der Waals surface area (Å²) in [6.07, 6.45) is 1.00. The minimum absolute atomic E-state index is 0.307. The van der Waals surface area contributed by atoms with Crippen molar-refractivity contribution in [2.24, 2.45) is 0 Å². The number of hydrogen-bond acceptors (Lipinski definition) is 0. The highest BCUT2D eigenvalue weighted by Crippen LogP contribution is 2.29. The molecule has 0 N–H and O–H groups in total. The Morgan fingerprint density at radius 3 is 2.11 bits per heavy atom. The van der Waals surface area contributed by atoms with Crippen LogP contribution in [0, 0.1) is 23.5 Å².